The summed E-state index contributed by atoms with van der Waals surface area (Å²) in [6, 6.07) is 8.28. The van der Waals surface area contributed by atoms with Gasteiger partial charge in [-0.2, -0.15) is 0 Å². The Morgan fingerprint density at radius 1 is 1.22 bits per heavy atom. The third-order valence-corrected chi connectivity index (χ3v) is 3.73. The molecule has 1 fully saturated rings. The molecule has 1 aromatic rings. The molecule has 18 heavy (non-hydrogen) atoms. The number of nitrogens with zero attached hydrogens (tertiary/aromatic N) is 1. The second-order valence-corrected chi connectivity index (χ2v) is 4.90. The van der Waals surface area contributed by atoms with Gasteiger partial charge in [0.2, 0.25) is 0 Å². The molecule has 1 N–H and O–H groups in total. The van der Waals surface area contributed by atoms with Crippen LogP contribution >= 0.6 is 0 Å². The van der Waals surface area contributed by atoms with Gasteiger partial charge < -0.3 is 15.0 Å². The lowest BCUT2D eigenvalue weighted by Crippen LogP contribution is -2.46. The van der Waals surface area contributed by atoms with Crippen LogP contribution in [0.15, 0.2) is 24.3 Å². The van der Waals surface area contributed by atoms with E-state index in [2.05, 4.69) is 5.32 Å². The summed E-state index contributed by atoms with van der Waals surface area (Å²) in [5.41, 5.74) is 1.11. The lowest BCUT2D eigenvalue weighted by Gasteiger charge is -2.33. The smallest absolute Gasteiger partial charge is 0.261 e. The highest BCUT2D eigenvalue weighted by molar-refractivity contribution is 5.79. The van der Waals surface area contributed by atoms with Crippen molar-refractivity contribution in [3.05, 3.63) is 29.8 Å². The first-order chi connectivity index (χ1) is 8.84. The zero-order chi connectivity index (χ0) is 12.4. The predicted molar refractivity (Wildman–Crippen MR) is 68.4 cm³/mol. The molecule has 0 saturated carbocycles. The van der Waals surface area contributed by atoms with Crippen molar-refractivity contribution in [2.75, 3.05) is 19.7 Å². The van der Waals surface area contributed by atoms with E-state index < -0.39 is 0 Å². The van der Waals surface area contributed by atoms with Crippen LogP contribution in [-0.2, 0) is 11.3 Å². The van der Waals surface area contributed by atoms with Crippen molar-refractivity contribution in [2.24, 2.45) is 0 Å². The van der Waals surface area contributed by atoms with Crippen LogP contribution in [0.4, 0.5) is 0 Å². The summed E-state index contributed by atoms with van der Waals surface area (Å²) in [6.45, 7) is 2.84. The Morgan fingerprint density at radius 3 is 2.83 bits per heavy atom. The Labute approximate surface area is 107 Å². The molecule has 1 amide bonds. The number of amides is 1. The van der Waals surface area contributed by atoms with Gasteiger partial charge in [-0.25, -0.2) is 0 Å². The van der Waals surface area contributed by atoms with Crippen molar-refractivity contribution in [3.63, 3.8) is 0 Å². The second-order valence-electron chi connectivity index (χ2n) is 4.90. The summed E-state index contributed by atoms with van der Waals surface area (Å²) >= 11 is 0. The van der Waals surface area contributed by atoms with E-state index in [1.54, 1.807) is 0 Å². The Kier molecular flexibility index (Phi) is 3.19. The number of carbonyl (C=O) groups is 1. The third kappa shape index (κ3) is 2.20. The Balaban J connectivity index is 1.83. The molecule has 3 rings (SSSR count). The average molecular weight is 246 g/mol. The number of nitrogens with one attached hydrogen (secondary N) is 1. The Hall–Kier alpha value is -1.55. The predicted octanol–water partition coefficient (Wildman–Crippen LogP) is 1.16. The first-order valence-corrected chi connectivity index (χ1v) is 6.55. The topological polar surface area (TPSA) is 41.6 Å². The molecule has 0 atom stereocenters. The number of ether oxygens (including phenoxy) is 1. The molecule has 2 heterocycles. The maximum atomic E-state index is 12.2. The highest BCUT2D eigenvalue weighted by Crippen LogP contribution is 2.25. The summed E-state index contributed by atoms with van der Waals surface area (Å²) in [7, 11) is 0. The van der Waals surface area contributed by atoms with E-state index in [4.69, 9.17) is 4.74 Å². The summed E-state index contributed by atoms with van der Waals surface area (Å²) < 4.78 is 5.57. The number of para-hydroxylation sites is 1. The molecule has 0 aromatic heterocycles. The van der Waals surface area contributed by atoms with Crippen LogP contribution < -0.4 is 10.1 Å². The Morgan fingerprint density at radius 2 is 2.00 bits per heavy atom. The first-order valence-electron chi connectivity index (χ1n) is 6.55. The molecular formula is C14H18N2O2. The molecule has 1 saturated heterocycles. The molecule has 0 unspecified atom stereocenters. The maximum Gasteiger partial charge on any atom is 0.261 e. The van der Waals surface area contributed by atoms with Gasteiger partial charge in [-0.15, -0.1) is 0 Å². The number of hydrogen-bond acceptors (Lipinski definition) is 3. The van der Waals surface area contributed by atoms with Crippen LogP contribution in [0.1, 0.15) is 18.4 Å². The van der Waals surface area contributed by atoms with Crippen molar-refractivity contribution in [2.45, 2.75) is 25.4 Å². The van der Waals surface area contributed by atoms with E-state index in [1.165, 1.54) is 0 Å². The number of piperidine rings is 1. The first kappa shape index (κ1) is 11.5. The van der Waals surface area contributed by atoms with E-state index >= 15 is 0 Å². The second kappa shape index (κ2) is 4.98. The van der Waals surface area contributed by atoms with E-state index in [0.29, 0.717) is 12.6 Å². The van der Waals surface area contributed by atoms with Crippen LogP contribution in [0.3, 0.4) is 0 Å². The van der Waals surface area contributed by atoms with Crippen LogP contribution in [0, 0.1) is 0 Å². The molecule has 0 spiro atoms. The molecule has 0 aliphatic carbocycles. The zero-order valence-electron chi connectivity index (χ0n) is 10.4. The highest BCUT2D eigenvalue weighted by Gasteiger charge is 2.28. The summed E-state index contributed by atoms with van der Waals surface area (Å²) in [6.07, 6.45) is 2.07. The largest absolute Gasteiger partial charge is 0.483 e. The van der Waals surface area contributed by atoms with Crippen LogP contribution in [-0.4, -0.2) is 36.5 Å². The molecule has 4 heteroatoms. The van der Waals surface area contributed by atoms with Crippen molar-refractivity contribution in [3.8, 4) is 5.75 Å². The normalized spacial score (nSPS) is 21.1. The molecule has 0 radical (unpaired) electrons. The number of fused-ring (bicyclic) bond motifs is 1. The quantitative estimate of drug-likeness (QED) is 0.808. The van der Waals surface area contributed by atoms with Crippen molar-refractivity contribution in [1.82, 2.24) is 10.2 Å². The fourth-order valence-corrected chi connectivity index (χ4v) is 2.72. The van der Waals surface area contributed by atoms with Crippen LogP contribution in [0.2, 0.25) is 0 Å². The molecular weight excluding hydrogens is 228 g/mol. The van der Waals surface area contributed by atoms with Gasteiger partial charge >= 0.3 is 0 Å². The standard InChI is InChI=1S/C14H18N2O2/c17-14-10-18-13-4-2-1-3-11(13)9-16(14)12-5-7-15-8-6-12/h1-4,12,15H,5-10H2. The van der Waals surface area contributed by atoms with Gasteiger partial charge in [-0.3, -0.25) is 4.79 Å². The lowest BCUT2D eigenvalue weighted by atomic mass is 10.0. The fraction of sp³-hybridized carbons (Fsp3) is 0.500. The van der Waals surface area contributed by atoms with Gasteiger partial charge in [-0.1, -0.05) is 18.2 Å². The molecule has 2 aliphatic heterocycles. The van der Waals surface area contributed by atoms with Crippen LogP contribution in [0.25, 0.3) is 0 Å². The maximum absolute atomic E-state index is 12.2. The third-order valence-electron chi connectivity index (χ3n) is 3.73. The SMILES string of the molecule is O=C1COc2ccccc2CN1C1CCNCC1. The number of carbonyl (C=O) groups excluding carboxylic acids is 1. The molecule has 2 aliphatic rings. The van der Waals surface area contributed by atoms with Gasteiger partial charge in [0, 0.05) is 18.2 Å². The van der Waals surface area contributed by atoms with E-state index in [0.717, 1.165) is 37.2 Å². The van der Waals surface area contributed by atoms with E-state index in [-0.39, 0.29) is 12.5 Å². The highest BCUT2D eigenvalue weighted by atomic mass is 16.5. The van der Waals surface area contributed by atoms with Crippen molar-refractivity contribution in [1.29, 1.82) is 0 Å². The van der Waals surface area contributed by atoms with Gasteiger partial charge in [-0.05, 0) is 32.0 Å². The fourth-order valence-electron chi connectivity index (χ4n) is 2.72. The minimum absolute atomic E-state index is 0.109. The Bertz CT molecular complexity index is 441. The van der Waals surface area contributed by atoms with E-state index in [1.807, 2.05) is 29.2 Å². The van der Waals surface area contributed by atoms with E-state index in [9.17, 15) is 4.79 Å². The summed E-state index contributed by atoms with van der Waals surface area (Å²) in [4.78, 5) is 14.2. The number of hydrogen-bond donors (Lipinski definition) is 1. The van der Waals surface area contributed by atoms with Gasteiger partial charge in [0.25, 0.3) is 5.91 Å². The summed E-state index contributed by atoms with van der Waals surface area (Å²) in [5.74, 6) is 0.959. The average Bonchev–Trinajstić information content (AvgIpc) is 2.60. The lowest BCUT2D eigenvalue weighted by molar-refractivity contribution is -0.136. The van der Waals surface area contributed by atoms with Crippen LogP contribution in [0.5, 0.6) is 5.75 Å². The van der Waals surface area contributed by atoms with Crippen molar-refractivity contribution >= 4 is 5.91 Å². The molecule has 0 bridgehead atoms. The van der Waals surface area contributed by atoms with Crippen molar-refractivity contribution < 1.29 is 9.53 Å². The monoisotopic (exact) mass is 246 g/mol. The minimum atomic E-state index is 0.109. The number of benzene rings is 1. The molecule has 96 valence electrons. The summed E-state index contributed by atoms with van der Waals surface area (Å²) in [5, 5.41) is 3.33. The number of rotatable bonds is 1. The van der Waals surface area contributed by atoms with Gasteiger partial charge in [0.1, 0.15) is 5.75 Å². The van der Waals surface area contributed by atoms with Gasteiger partial charge in [0.15, 0.2) is 6.61 Å². The minimum Gasteiger partial charge on any atom is -0.483 e. The zero-order valence-corrected chi connectivity index (χ0v) is 10.4. The molecule has 1 aromatic carbocycles. The molecule has 4 nitrogen and oxygen atoms in total. The van der Waals surface area contributed by atoms with Gasteiger partial charge in [0.05, 0.1) is 0 Å².